The first-order valence-electron chi connectivity index (χ1n) is 7.03. The number of hydrogen-bond acceptors (Lipinski definition) is 5. The first kappa shape index (κ1) is 16.6. The molecule has 2 atom stereocenters. The molecule has 8 nitrogen and oxygen atoms in total. The van der Waals surface area contributed by atoms with Crippen molar-refractivity contribution in [2.75, 3.05) is 18.1 Å². The van der Waals surface area contributed by atoms with Gasteiger partial charge in [0, 0.05) is 25.0 Å². The zero-order valence-electron chi connectivity index (χ0n) is 12.5. The van der Waals surface area contributed by atoms with Crippen LogP contribution in [0.1, 0.15) is 13.8 Å². The molecule has 1 amide bonds. The topological polar surface area (TPSA) is 113 Å². The maximum Gasteiger partial charge on any atom is 0.280 e. The Morgan fingerprint density at radius 3 is 2.86 bits per heavy atom. The largest absolute Gasteiger partial charge is 0.396 e. The highest BCUT2D eigenvalue weighted by molar-refractivity contribution is 7.16. The van der Waals surface area contributed by atoms with Crippen molar-refractivity contribution in [3.05, 3.63) is 16.7 Å². The number of rotatable bonds is 6. The smallest absolute Gasteiger partial charge is 0.280 e. The van der Waals surface area contributed by atoms with Crippen molar-refractivity contribution in [2.24, 2.45) is 11.8 Å². The number of carbonyl (C=O) groups is 1. The van der Waals surface area contributed by atoms with E-state index in [4.69, 9.17) is 0 Å². The molecule has 0 aliphatic heterocycles. The number of aliphatic hydroxyl groups excluding tert-OH is 1. The van der Waals surface area contributed by atoms with Crippen LogP contribution in [-0.2, 0) is 11.3 Å². The Morgan fingerprint density at radius 1 is 1.55 bits per heavy atom. The fourth-order valence-electron chi connectivity index (χ4n) is 1.89. The van der Waals surface area contributed by atoms with E-state index in [0.29, 0.717) is 12.2 Å². The van der Waals surface area contributed by atoms with Crippen molar-refractivity contribution in [2.45, 2.75) is 20.4 Å². The first-order chi connectivity index (χ1) is 10.5. The van der Waals surface area contributed by atoms with Gasteiger partial charge in [0.2, 0.25) is 11.9 Å². The van der Waals surface area contributed by atoms with Gasteiger partial charge in [0.15, 0.2) is 11.2 Å². The second kappa shape index (κ2) is 6.98. The van der Waals surface area contributed by atoms with Gasteiger partial charge in [0.25, 0.3) is 5.56 Å². The molecule has 0 aromatic carbocycles. The summed E-state index contributed by atoms with van der Waals surface area (Å²) in [6.45, 7) is 4.02. The third-order valence-electron chi connectivity index (χ3n) is 3.29. The van der Waals surface area contributed by atoms with Gasteiger partial charge in [-0.3, -0.25) is 19.9 Å². The van der Waals surface area contributed by atoms with Crippen LogP contribution in [0.25, 0.3) is 11.2 Å². The van der Waals surface area contributed by atoms with Gasteiger partial charge in [-0.15, -0.1) is 9.24 Å². The third kappa shape index (κ3) is 3.51. The Hall–Kier alpha value is -1.79. The van der Waals surface area contributed by atoms with E-state index in [-0.39, 0.29) is 35.8 Å². The van der Waals surface area contributed by atoms with Crippen molar-refractivity contribution in [3.63, 3.8) is 0 Å². The highest BCUT2D eigenvalue weighted by Crippen LogP contribution is 2.12. The van der Waals surface area contributed by atoms with E-state index in [9.17, 15) is 14.7 Å². The maximum absolute atomic E-state index is 12.0. The van der Waals surface area contributed by atoms with E-state index in [2.05, 4.69) is 29.5 Å². The number of nitrogens with one attached hydrogen (secondary N) is 2. The van der Waals surface area contributed by atoms with Crippen molar-refractivity contribution in [1.82, 2.24) is 19.5 Å². The van der Waals surface area contributed by atoms with Crippen LogP contribution in [0, 0.1) is 11.8 Å². The van der Waals surface area contributed by atoms with Crippen LogP contribution in [0.5, 0.6) is 0 Å². The van der Waals surface area contributed by atoms with Gasteiger partial charge in [-0.1, -0.05) is 13.8 Å². The normalized spacial score (nSPS) is 12.8. The molecule has 3 N–H and O–H groups in total. The molecule has 0 spiro atoms. The van der Waals surface area contributed by atoms with E-state index < -0.39 is 5.56 Å². The molecular weight excluding hydrogens is 305 g/mol. The summed E-state index contributed by atoms with van der Waals surface area (Å²) in [7, 11) is 2.58. The number of H-pyrrole nitrogens is 1. The van der Waals surface area contributed by atoms with Gasteiger partial charge in [-0.05, 0) is 6.16 Å². The number of nitrogens with zero attached hydrogens (tertiary/aromatic N) is 3. The average molecular weight is 325 g/mol. The lowest BCUT2D eigenvalue weighted by molar-refractivity contribution is -0.118. The lowest BCUT2D eigenvalue weighted by atomic mass is 10.2. The highest BCUT2D eigenvalue weighted by atomic mass is 31.0. The predicted molar refractivity (Wildman–Crippen MR) is 86.8 cm³/mol. The maximum atomic E-state index is 12.0. The van der Waals surface area contributed by atoms with E-state index in [1.165, 1.54) is 6.33 Å². The predicted octanol–water partition coefficient (Wildman–Crippen LogP) is 0.198. The molecule has 2 heterocycles. The average Bonchev–Trinajstić information content (AvgIpc) is 2.88. The van der Waals surface area contributed by atoms with Crippen molar-refractivity contribution in [1.29, 1.82) is 0 Å². The molecule has 2 unspecified atom stereocenters. The second-order valence-electron chi connectivity index (χ2n) is 5.41. The molecule has 2 aromatic rings. The molecule has 2 aromatic heterocycles. The van der Waals surface area contributed by atoms with Gasteiger partial charge in [-0.25, -0.2) is 4.98 Å². The molecule has 9 heteroatoms. The Balaban J connectivity index is 2.38. The van der Waals surface area contributed by atoms with Gasteiger partial charge >= 0.3 is 0 Å². The third-order valence-corrected chi connectivity index (χ3v) is 3.95. The molecule has 120 valence electrons. The zero-order chi connectivity index (χ0) is 16.3. The number of fused-ring (bicyclic) bond motifs is 1. The molecule has 2 rings (SSSR count). The number of aliphatic hydroxyl groups is 1. The highest BCUT2D eigenvalue weighted by Gasteiger charge is 2.15. The van der Waals surface area contributed by atoms with Crippen LogP contribution in [0.15, 0.2) is 11.1 Å². The number of imidazole rings is 1. The number of anilines is 1. The van der Waals surface area contributed by atoms with Crippen LogP contribution in [-0.4, -0.2) is 43.3 Å². The minimum Gasteiger partial charge on any atom is -0.396 e. The van der Waals surface area contributed by atoms with Gasteiger partial charge in [-0.2, -0.15) is 4.98 Å². The number of aromatic nitrogens is 4. The van der Waals surface area contributed by atoms with E-state index >= 15 is 0 Å². The Labute approximate surface area is 129 Å². The molecule has 22 heavy (non-hydrogen) atoms. The van der Waals surface area contributed by atoms with Crippen LogP contribution in [0.3, 0.4) is 0 Å². The second-order valence-corrected chi connectivity index (χ2v) is 5.88. The van der Waals surface area contributed by atoms with Crippen LogP contribution in [0.4, 0.5) is 5.95 Å². The first-order valence-corrected chi connectivity index (χ1v) is 7.84. The number of hydrogen-bond donors (Lipinski definition) is 3. The quantitative estimate of drug-likeness (QED) is 0.657. The summed E-state index contributed by atoms with van der Waals surface area (Å²) >= 11 is 0. The van der Waals surface area contributed by atoms with E-state index in [1.54, 1.807) is 18.4 Å². The fraction of sp³-hybridized carbons (Fsp3) is 0.538. The lowest BCUT2D eigenvalue weighted by Gasteiger charge is -2.12. The lowest BCUT2D eigenvalue weighted by Crippen LogP contribution is -2.22. The van der Waals surface area contributed by atoms with Gasteiger partial charge < -0.3 is 9.67 Å². The molecular formula is C13H20N5O3P. The molecule has 0 aliphatic rings. The Kier molecular flexibility index (Phi) is 5.26. The summed E-state index contributed by atoms with van der Waals surface area (Å²) in [6.07, 6.45) is 2.24. The summed E-state index contributed by atoms with van der Waals surface area (Å²) in [6, 6.07) is 0. The summed E-state index contributed by atoms with van der Waals surface area (Å²) in [5, 5.41) is 11.9. The number of amides is 1. The molecule has 0 radical (unpaired) electrons. The van der Waals surface area contributed by atoms with Crippen LogP contribution >= 0.6 is 9.24 Å². The van der Waals surface area contributed by atoms with Crippen molar-refractivity contribution < 1.29 is 9.90 Å². The number of carbonyl (C=O) groups excluding carboxylic acids is 1. The molecule has 0 fully saturated rings. The monoisotopic (exact) mass is 325 g/mol. The standard InChI is InChI=1S/C13H20N5O3P/c1-7(2)11(20)16-13-15-10-9(12(21)17-13)14-6-18(10)3-8(4-19)5-22/h6-8,19H,3-5,22H2,1-2H3,(H2,15,16,17,20,21). The molecule has 0 saturated heterocycles. The minimum atomic E-state index is -0.408. The van der Waals surface area contributed by atoms with Crippen LogP contribution in [0.2, 0.25) is 0 Å². The summed E-state index contributed by atoms with van der Waals surface area (Å²) in [5.74, 6) is -0.324. The summed E-state index contributed by atoms with van der Waals surface area (Å²) in [5.41, 5.74) is 0.192. The molecule has 0 aliphatic carbocycles. The van der Waals surface area contributed by atoms with Gasteiger partial charge in [0.05, 0.1) is 6.33 Å². The van der Waals surface area contributed by atoms with Crippen LogP contribution < -0.4 is 10.9 Å². The zero-order valence-corrected chi connectivity index (χ0v) is 13.7. The van der Waals surface area contributed by atoms with Crippen molar-refractivity contribution in [3.8, 4) is 0 Å². The number of aromatic amines is 1. The minimum absolute atomic E-state index is 0.0252. The Morgan fingerprint density at radius 2 is 2.27 bits per heavy atom. The molecule has 0 saturated carbocycles. The van der Waals surface area contributed by atoms with E-state index in [0.717, 1.165) is 6.16 Å². The van der Waals surface area contributed by atoms with Crippen molar-refractivity contribution >= 4 is 32.3 Å². The van der Waals surface area contributed by atoms with E-state index in [1.807, 2.05) is 0 Å². The summed E-state index contributed by atoms with van der Waals surface area (Å²) < 4.78 is 1.71. The SMILES string of the molecule is CC(C)C(=O)Nc1nc2c(ncn2CC(CO)CP)c(=O)[nH]1. The Bertz CT molecular complexity index is 720. The molecule has 0 bridgehead atoms. The summed E-state index contributed by atoms with van der Waals surface area (Å²) in [4.78, 5) is 34.6. The van der Waals surface area contributed by atoms with Gasteiger partial charge in [0.1, 0.15) is 0 Å². The fourth-order valence-corrected chi connectivity index (χ4v) is 2.19.